The van der Waals surface area contributed by atoms with E-state index in [4.69, 9.17) is 4.74 Å². The number of nitrogens with one attached hydrogen (secondary N) is 1. The van der Waals surface area contributed by atoms with E-state index in [1.54, 1.807) is 0 Å². The van der Waals surface area contributed by atoms with Gasteiger partial charge in [-0.05, 0) is 25.5 Å². The molecule has 1 N–H and O–H groups in total. The average molecular weight is 247 g/mol. The number of rotatable bonds is 6. The van der Waals surface area contributed by atoms with Crippen molar-refractivity contribution in [1.29, 1.82) is 0 Å². The third-order valence-corrected chi connectivity index (χ3v) is 4.03. The largest absolute Gasteiger partial charge is 0.493 e. The van der Waals surface area contributed by atoms with Crippen LogP contribution in [-0.2, 0) is 0 Å². The highest BCUT2D eigenvalue weighted by atomic mass is 16.5. The van der Waals surface area contributed by atoms with Crippen LogP contribution in [0.2, 0.25) is 0 Å². The van der Waals surface area contributed by atoms with E-state index in [-0.39, 0.29) is 0 Å². The van der Waals surface area contributed by atoms with Crippen molar-refractivity contribution < 1.29 is 4.74 Å². The molecule has 0 fully saturated rings. The molecule has 100 valence electrons. The Labute approximate surface area is 111 Å². The fraction of sp³-hybridized carbons (Fsp3) is 0.625. The molecule has 1 aromatic rings. The monoisotopic (exact) mass is 247 g/mol. The van der Waals surface area contributed by atoms with E-state index in [1.807, 2.05) is 0 Å². The first-order valence-corrected chi connectivity index (χ1v) is 7.15. The Morgan fingerprint density at radius 2 is 2.17 bits per heavy atom. The lowest BCUT2D eigenvalue weighted by Crippen LogP contribution is -2.34. The van der Waals surface area contributed by atoms with Gasteiger partial charge in [0.05, 0.1) is 6.61 Å². The second-order valence-corrected chi connectivity index (χ2v) is 5.48. The SMILES string of the molecule is CCCC(C)CC(NC)C1COc2ccccc21. The van der Waals surface area contributed by atoms with Crippen LogP contribution in [0.25, 0.3) is 0 Å². The van der Waals surface area contributed by atoms with Gasteiger partial charge in [0.2, 0.25) is 0 Å². The van der Waals surface area contributed by atoms with E-state index in [1.165, 1.54) is 24.8 Å². The summed E-state index contributed by atoms with van der Waals surface area (Å²) >= 11 is 0. The minimum atomic E-state index is 0.505. The number of hydrogen-bond acceptors (Lipinski definition) is 2. The second kappa shape index (κ2) is 6.24. The van der Waals surface area contributed by atoms with Crippen LogP contribution in [0, 0.1) is 5.92 Å². The predicted octanol–water partition coefficient (Wildman–Crippen LogP) is 3.58. The van der Waals surface area contributed by atoms with Gasteiger partial charge in [0.15, 0.2) is 0 Å². The summed E-state index contributed by atoms with van der Waals surface area (Å²) in [5, 5.41) is 3.49. The molecule has 2 rings (SSSR count). The minimum absolute atomic E-state index is 0.505. The standard InChI is InChI=1S/C16H25NO/c1-4-7-12(2)10-15(17-3)14-11-18-16-9-6-5-8-13(14)16/h5-6,8-9,12,14-15,17H,4,7,10-11H2,1-3H3. The van der Waals surface area contributed by atoms with Gasteiger partial charge in [-0.1, -0.05) is 44.9 Å². The van der Waals surface area contributed by atoms with Crippen molar-refractivity contribution in [2.75, 3.05) is 13.7 Å². The highest BCUT2D eigenvalue weighted by Crippen LogP contribution is 2.37. The molecule has 3 unspecified atom stereocenters. The molecule has 0 aliphatic carbocycles. The highest BCUT2D eigenvalue weighted by Gasteiger charge is 2.30. The summed E-state index contributed by atoms with van der Waals surface area (Å²) < 4.78 is 5.80. The van der Waals surface area contributed by atoms with Crippen molar-refractivity contribution in [2.24, 2.45) is 5.92 Å². The Balaban J connectivity index is 2.06. The van der Waals surface area contributed by atoms with E-state index < -0.39 is 0 Å². The van der Waals surface area contributed by atoms with Crippen LogP contribution in [0.1, 0.15) is 44.6 Å². The number of para-hydroxylation sites is 1. The Hall–Kier alpha value is -1.02. The molecule has 1 aliphatic rings. The van der Waals surface area contributed by atoms with Crippen LogP contribution < -0.4 is 10.1 Å². The molecule has 1 heterocycles. The molecule has 1 aliphatic heterocycles. The van der Waals surface area contributed by atoms with Crippen molar-refractivity contribution in [3.63, 3.8) is 0 Å². The Kier molecular flexibility index (Phi) is 4.65. The van der Waals surface area contributed by atoms with E-state index in [9.17, 15) is 0 Å². The van der Waals surface area contributed by atoms with Crippen LogP contribution in [0.3, 0.4) is 0 Å². The lowest BCUT2D eigenvalue weighted by atomic mass is 9.86. The minimum Gasteiger partial charge on any atom is -0.493 e. The van der Waals surface area contributed by atoms with Gasteiger partial charge < -0.3 is 10.1 Å². The molecule has 0 radical (unpaired) electrons. The Morgan fingerprint density at radius 1 is 1.39 bits per heavy atom. The van der Waals surface area contributed by atoms with Crippen molar-refractivity contribution in [3.8, 4) is 5.75 Å². The zero-order valence-corrected chi connectivity index (χ0v) is 11.8. The molecule has 0 amide bonds. The zero-order chi connectivity index (χ0) is 13.0. The predicted molar refractivity (Wildman–Crippen MR) is 76.2 cm³/mol. The molecule has 0 aromatic heterocycles. The first kappa shape index (κ1) is 13.4. The van der Waals surface area contributed by atoms with Crippen molar-refractivity contribution in [2.45, 2.75) is 45.1 Å². The van der Waals surface area contributed by atoms with Gasteiger partial charge >= 0.3 is 0 Å². The van der Waals surface area contributed by atoms with Crippen LogP contribution in [0.4, 0.5) is 0 Å². The Morgan fingerprint density at radius 3 is 2.89 bits per heavy atom. The molecule has 1 aromatic carbocycles. The molecule has 3 atom stereocenters. The molecule has 0 saturated carbocycles. The van der Waals surface area contributed by atoms with Crippen molar-refractivity contribution >= 4 is 0 Å². The third kappa shape index (κ3) is 2.86. The van der Waals surface area contributed by atoms with E-state index in [2.05, 4.69) is 50.5 Å². The van der Waals surface area contributed by atoms with Crippen LogP contribution >= 0.6 is 0 Å². The lowest BCUT2D eigenvalue weighted by Gasteiger charge is -2.25. The maximum atomic E-state index is 5.80. The fourth-order valence-corrected chi connectivity index (χ4v) is 3.05. The van der Waals surface area contributed by atoms with Gasteiger partial charge in [0, 0.05) is 17.5 Å². The van der Waals surface area contributed by atoms with E-state index in [0.717, 1.165) is 18.3 Å². The molecular weight excluding hydrogens is 222 g/mol. The molecule has 0 bridgehead atoms. The van der Waals surface area contributed by atoms with Gasteiger partial charge in [0.25, 0.3) is 0 Å². The lowest BCUT2D eigenvalue weighted by molar-refractivity contribution is 0.280. The molecule has 0 saturated heterocycles. The smallest absolute Gasteiger partial charge is 0.122 e. The van der Waals surface area contributed by atoms with Crippen molar-refractivity contribution in [3.05, 3.63) is 29.8 Å². The second-order valence-electron chi connectivity index (χ2n) is 5.48. The van der Waals surface area contributed by atoms with Gasteiger partial charge in [0.1, 0.15) is 5.75 Å². The molecule has 0 spiro atoms. The summed E-state index contributed by atoms with van der Waals surface area (Å²) in [6.07, 6.45) is 3.81. The van der Waals surface area contributed by atoms with Crippen LogP contribution in [0.15, 0.2) is 24.3 Å². The first-order chi connectivity index (χ1) is 8.76. The molecule has 2 nitrogen and oxygen atoms in total. The van der Waals surface area contributed by atoms with Crippen molar-refractivity contribution in [1.82, 2.24) is 5.32 Å². The maximum absolute atomic E-state index is 5.80. The van der Waals surface area contributed by atoms with Crippen LogP contribution in [0.5, 0.6) is 5.75 Å². The highest BCUT2D eigenvalue weighted by molar-refractivity contribution is 5.40. The summed E-state index contributed by atoms with van der Waals surface area (Å²) in [5.41, 5.74) is 1.38. The summed E-state index contributed by atoms with van der Waals surface area (Å²) in [5.74, 6) is 2.36. The molecule has 2 heteroatoms. The Bertz CT molecular complexity index is 377. The normalized spacial score (nSPS) is 21.2. The fourth-order valence-electron chi connectivity index (χ4n) is 3.05. The van der Waals surface area contributed by atoms with Gasteiger partial charge in [-0.15, -0.1) is 0 Å². The summed E-state index contributed by atoms with van der Waals surface area (Å²) in [7, 11) is 2.07. The summed E-state index contributed by atoms with van der Waals surface area (Å²) in [6.45, 7) is 5.44. The molecular formula is C16H25NO. The zero-order valence-electron chi connectivity index (χ0n) is 11.8. The summed E-state index contributed by atoms with van der Waals surface area (Å²) in [6, 6.07) is 8.98. The van der Waals surface area contributed by atoms with E-state index in [0.29, 0.717) is 12.0 Å². The first-order valence-electron chi connectivity index (χ1n) is 7.15. The number of ether oxygens (including phenoxy) is 1. The van der Waals surface area contributed by atoms with E-state index >= 15 is 0 Å². The number of fused-ring (bicyclic) bond motifs is 1. The summed E-state index contributed by atoms with van der Waals surface area (Å²) in [4.78, 5) is 0. The quantitative estimate of drug-likeness (QED) is 0.829. The number of hydrogen-bond donors (Lipinski definition) is 1. The third-order valence-electron chi connectivity index (χ3n) is 4.03. The average Bonchev–Trinajstić information content (AvgIpc) is 2.80. The molecule has 18 heavy (non-hydrogen) atoms. The maximum Gasteiger partial charge on any atom is 0.122 e. The topological polar surface area (TPSA) is 21.3 Å². The van der Waals surface area contributed by atoms with Gasteiger partial charge in [-0.2, -0.15) is 0 Å². The van der Waals surface area contributed by atoms with Gasteiger partial charge in [-0.3, -0.25) is 0 Å². The van der Waals surface area contributed by atoms with Gasteiger partial charge in [-0.25, -0.2) is 0 Å². The number of likely N-dealkylation sites (N-methyl/N-ethyl adjacent to an activating group) is 1. The number of benzene rings is 1. The van der Waals surface area contributed by atoms with Crippen LogP contribution in [-0.4, -0.2) is 19.7 Å².